The lowest BCUT2D eigenvalue weighted by Gasteiger charge is -2.10. The van der Waals surface area contributed by atoms with Gasteiger partial charge in [-0.1, -0.05) is 11.6 Å². The average molecular weight is 268 g/mol. The van der Waals surface area contributed by atoms with E-state index >= 15 is 0 Å². The van der Waals surface area contributed by atoms with E-state index < -0.39 is 0 Å². The summed E-state index contributed by atoms with van der Waals surface area (Å²) >= 11 is 6.13. The maximum Gasteiger partial charge on any atom is 0.179 e. The van der Waals surface area contributed by atoms with Crippen LogP contribution in [0, 0.1) is 0 Å². The van der Waals surface area contributed by atoms with Crippen LogP contribution in [-0.2, 0) is 6.54 Å². The third-order valence-corrected chi connectivity index (χ3v) is 2.84. The second kappa shape index (κ2) is 5.29. The Balaban J connectivity index is 2.48. The zero-order valence-electron chi connectivity index (χ0n) is 10.2. The maximum atomic E-state index is 6.13. The van der Waals surface area contributed by atoms with Gasteiger partial charge >= 0.3 is 0 Å². The molecule has 2 aromatic rings. The van der Waals surface area contributed by atoms with Crippen molar-refractivity contribution in [1.29, 1.82) is 0 Å². The van der Waals surface area contributed by atoms with E-state index in [1.165, 1.54) is 0 Å². The normalized spacial score (nSPS) is 10.4. The van der Waals surface area contributed by atoms with Gasteiger partial charge in [-0.05, 0) is 12.1 Å². The molecule has 0 fully saturated rings. The molecule has 0 amide bonds. The summed E-state index contributed by atoms with van der Waals surface area (Å²) in [4.78, 5) is 7.34. The van der Waals surface area contributed by atoms with E-state index in [0.717, 1.165) is 11.3 Å². The summed E-state index contributed by atoms with van der Waals surface area (Å²) in [5.74, 6) is 1.76. The molecule has 0 saturated carbocycles. The minimum Gasteiger partial charge on any atom is -0.493 e. The number of ether oxygens (including phenoxy) is 2. The van der Waals surface area contributed by atoms with Gasteiger partial charge in [0.2, 0.25) is 0 Å². The van der Waals surface area contributed by atoms with Crippen LogP contribution in [0.3, 0.4) is 0 Å². The van der Waals surface area contributed by atoms with E-state index in [4.69, 9.17) is 26.8 Å². The Morgan fingerprint density at radius 1 is 1.33 bits per heavy atom. The lowest BCUT2D eigenvalue weighted by molar-refractivity contribution is 0.355. The van der Waals surface area contributed by atoms with Crippen molar-refractivity contribution in [3.05, 3.63) is 29.0 Å². The van der Waals surface area contributed by atoms with Gasteiger partial charge in [-0.15, -0.1) is 0 Å². The molecule has 5 nitrogen and oxygen atoms in total. The van der Waals surface area contributed by atoms with Crippen LogP contribution in [0.2, 0.25) is 5.02 Å². The maximum absolute atomic E-state index is 6.13. The van der Waals surface area contributed by atoms with Gasteiger partial charge in [0.25, 0.3) is 0 Å². The highest BCUT2D eigenvalue weighted by Crippen LogP contribution is 2.38. The first kappa shape index (κ1) is 12.7. The molecule has 0 unspecified atom stereocenters. The number of nitrogens with two attached hydrogens (primary N) is 1. The molecule has 0 spiro atoms. The number of benzene rings is 1. The van der Waals surface area contributed by atoms with Crippen molar-refractivity contribution in [3.63, 3.8) is 0 Å². The summed E-state index contributed by atoms with van der Waals surface area (Å²) in [5.41, 5.74) is 7.21. The summed E-state index contributed by atoms with van der Waals surface area (Å²) < 4.78 is 10.4. The standard InChI is InChI=1S/C12H14ClN3O2/c1-17-10-4-7(3-9(13)11(10)18-2)12-15-6-8(5-14)16-12/h3-4,6H,5,14H2,1-2H3,(H,15,16). The zero-order chi connectivity index (χ0) is 13.1. The Morgan fingerprint density at radius 3 is 2.67 bits per heavy atom. The smallest absolute Gasteiger partial charge is 0.179 e. The molecule has 0 bridgehead atoms. The number of methoxy groups -OCH3 is 2. The summed E-state index contributed by atoms with van der Waals surface area (Å²) in [5, 5.41) is 0.470. The fraction of sp³-hybridized carbons (Fsp3) is 0.250. The van der Waals surface area contributed by atoms with E-state index in [9.17, 15) is 0 Å². The molecule has 1 aromatic carbocycles. The second-order valence-corrected chi connectivity index (χ2v) is 4.06. The second-order valence-electron chi connectivity index (χ2n) is 3.65. The van der Waals surface area contributed by atoms with Gasteiger partial charge in [0, 0.05) is 24.0 Å². The highest BCUT2D eigenvalue weighted by Gasteiger charge is 2.13. The van der Waals surface area contributed by atoms with Crippen LogP contribution < -0.4 is 15.2 Å². The van der Waals surface area contributed by atoms with Crippen LogP contribution in [0.1, 0.15) is 5.69 Å². The molecule has 1 aromatic heterocycles. The van der Waals surface area contributed by atoms with Gasteiger partial charge in [0.15, 0.2) is 11.5 Å². The van der Waals surface area contributed by atoms with E-state index in [-0.39, 0.29) is 0 Å². The molecule has 96 valence electrons. The zero-order valence-corrected chi connectivity index (χ0v) is 10.9. The molecule has 1 heterocycles. The number of imidazole rings is 1. The van der Waals surface area contributed by atoms with Gasteiger partial charge in [0.1, 0.15) is 5.82 Å². The number of rotatable bonds is 4. The van der Waals surface area contributed by atoms with E-state index in [0.29, 0.717) is 28.9 Å². The number of halogens is 1. The van der Waals surface area contributed by atoms with Gasteiger partial charge in [0.05, 0.1) is 19.2 Å². The monoisotopic (exact) mass is 267 g/mol. The first-order valence-corrected chi connectivity index (χ1v) is 5.73. The predicted octanol–water partition coefficient (Wildman–Crippen LogP) is 2.21. The third kappa shape index (κ3) is 2.27. The Hall–Kier alpha value is -1.72. The van der Waals surface area contributed by atoms with Crippen molar-refractivity contribution < 1.29 is 9.47 Å². The number of hydrogen-bond donors (Lipinski definition) is 2. The Bertz CT molecular complexity index is 554. The van der Waals surface area contributed by atoms with Crippen molar-refractivity contribution >= 4 is 11.6 Å². The largest absolute Gasteiger partial charge is 0.493 e. The van der Waals surface area contributed by atoms with Crippen molar-refractivity contribution in [1.82, 2.24) is 9.97 Å². The van der Waals surface area contributed by atoms with Crippen LogP contribution in [0.5, 0.6) is 11.5 Å². The van der Waals surface area contributed by atoms with Crippen LogP contribution in [0.25, 0.3) is 11.4 Å². The van der Waals surface area contributed by atoms with Crippen LogP contribution in [-0.4, -0.2) is 24.2 Å². The number of aromatic amines is 1. The molecule has 0 aliphatic rings. The van der Waals surface area contributed by atoms with Crippen molar-refractivity contribution in [2.24, 2.45) is 5.73 Å². The molecule has 6 heteroatoms. The Labute approximate surface area is 110 Å². The van der Waals surface area contributed by atoms with Gasteiger partial charge in [-0.3, -0.25) is 0 Å². The van der Waals surface area contributed by atoms with Crippen molar-refractivity contribution in [3.8, 4) is 22.9 Å². The highest BCUT2D eigenvalue weighted by molar-refractivity contribution is 6.32. The minimum absolute atomic E-state index is 0.411. The lowest BCUT2D eigenvalue weighted by atomic mass is 10.2. The molecule has 0 radical (unpaired) electrons. The average Bonchev–Trinajstić information content (AvgIpc) is 2.86. The molecular weight excluding hydrogens is 254 g/mol. The summed E-state index contributed by atoms with van der Waals surface area (Å²) in [6.45, 7) is 0.411. The number of hydrogen-bond acceptors (Lipinski definition) is 4. The number of nitrogens with zero attached hydrogens (tertiary/aromatic N) is 1. The number of nitrogens with one attached hydrogen (secondary N) is 1. The lowest BCUT2D eigenvalue weighted by Crippen LogP contribution is -1.96. The van der Waals surface area contributed by atoms with Gasteiger partial charge < -0.3 is 20.2 Å². The minimum atomic E-state index is 0.411. The van der Waals surface area contributed by atoms with E-state index in [1.54, 1.807) is 26.5 Å². The summed E-state index contributed by atoms with van der Waals surface area (Å²) in [6.07, 6.45) is 1.69. The van der Waals surface area contributed by atoms with Crippen molar-refractivity contribution in [2.45, 2.75) is 6.54 Å². The highest BCUT2D eigenvalue weighted by atomic mass is 35.5. The van der Waals surface area contributed by atoms with Gasteiger partial charge in [-0.25, -0.2) is 4.98 Å². The molecule has 0 atom stereocenters. The molecule has 0 saturated heterocycles. The fourth-order valence-electron chi connectivity index (χ4n) is 1.66. The predicted molar refractivity (Wildman–Crippen MR) is 70.0 cm³/mol. The topological polar surface area (TPSA) is 73.2 Å². The summed E-state index contributed by atoms with van der Waals surface area (Å²) in [6, 6.07) is 3.58. The first-order chi connectivity index (χ1) is 8.69. The molecule has 3 N–H and O–H groups in total. The molecule has 18 heavy (non-hydrogen) atoms. The van der Waals surface area contributed by atoms with Crippen molar-refractivity contribution in [2.75, 3.05) is 14.2 Å². The SMILES string of the molecule is COc1cc(-c2ncc(CN)[nH]2)cc(Cl)c1OC. The Kier molecular flexibility index (Phi) is 3.74. The van der Waals surface area contributed by atoms with Crippen LogP contribution in [0.15, 0.2) is 18.3 Å². The Morgan fingerprint density at radius 2 is 2.11 bits per heavy atom. The fourth-order valence-corrected chi connectivity index (χ4v) is 1.95. The van der Waals surface area contributed by atoms with E-state index in [1.807, 2.05) is 6.07 Å². The molecule has 0 aliphatic carbocycles. The van der Waals surface area contributed by atoms with Crippen LogP contribution >= 0.6 is 11.6 Å². The van der Waals surface area contributed by atoms with E-state index in [2.05, 4.69) is 9.97 Å². The first-order valence-electron chi connectivity index (χ1n) is 5.35. The molecule has 2 rings (SSSR count). The quantitative estimate of drug-likeness (QED) is 0.891. The number of aromatic nitrogens is 2. The number of H-pyrrole nitrogens is 1. The molecule has 0 aliphatic heterocycles. The van der Waals surface area contributed by atoms with Crippen LogP contribution in [0.4, 0.5) is 0 Å². The third-order valence-electron chi connectivity index (χ3n) is 2.56. The summed E-state index contributed by atoms with van der Waals surface area (Å²) in [7, 11) is 3.11. The molecular formula is C12H14ClN3O2. The van der Waals surface area contributed by atoms with Gasteiger partial charge in [-0.2, -0.15) is 0 Å².